The van der Waals surface area contributed by atoms with Crippen LogP contribution in [0.25, 0.3) is 0 Å². The van der Waals surface area contributed by atoms with Crippen molar-refractivity contribution < 1.29 is 19.4 Å². The number of methoxy groups -OCH3 is 1. The molecule has 0 aromatic rings. The molecule has 1 atom stereocenters. The molecule has 0 saturated heterocycles. The number of rotatable bonds is 7. The monoisotopic (exact) mass is 230 g/mol. The van der Waals surface area contributed by atoms with Crippen LogP contribution in [-0.4, -0.2) is 29.6 Å². The van der Waals surface area contributed by atoms with Gasteiger partial charge in [0.05, 0.1) is 13.5 Å². The van der Waals surface area contributed by atoms with Gasteiger partial charge in [-0.2, -0.15) is 0 Å². The van der Waals surface area contributed by atoms with Gasteiger partial charge in [0.2, 0.25) is 0 Å². The summed E-state index contributed by atoms with van der Waals surface area (Å²) in [5, 5.41) is 10.1. The second-order valence-electron chi connectivity index (χ2n) is 4.63. The van der Waals surface area contributed by atoms with Gasteiger partial charge in [0.15, 0.2) is 5.78 Å². The number of Topliss-reactive ketones (excluding diaryl/α,β-unsaturated/α-hetero) is 1. The zero-order valence-corrected chi connectivity index (χ0v) is 10.6. The zero-order chi connectivity index (χ0) is 12.8. The molecule has 0 spiro atoms. The molecule has 0 saturated carbocycles. The third-order valence-corrected chi connectivity index (χ3v) is 2.69. The Morgan fingerprint density at radius 3 is 2.31 bits per heavy atom. The molecule has 4 heteroatoms. The van der Waals surface area contributed by atoms with Gasteiger partial charge in [-0.05, 0) is 25.7 Å². The molecular formula is C12H22O4. The van der Waals surface area contributed by atoms with Crippen molar-refractivity contribution in [1.29, 1.82) is 0 Å². The zero-order valence-electron chi connectivity index (χ0n) is 10.6. The molecule has 0 aromatic heterocycles. The molecule has 0 aliphatic rings. The predicted molar refractivity (Wildman–Crippen MR) is 61.0 cm³/mol. The molecule has 4 nitrogen and oxygen atoms in total. The standard InChI is InChI=1S/C12H22O4/c1-9(2)6-5-7-12(15,10(3)13)8-11(14)16-4/h9,15H,5-8H2,1-4H3/t12-/m1/s1. The Balaban J connectivity index is 4.34. The van der Waals surface area contributed by atoms with E-state index in [1.165, 1.54) is 14.0 Å². The van der Waals surface area contributed by atoms with Crippen molar-refractivity contribution in [2.45, 2.75) is 52.1 Å². The third-order valence-electron chi connectivity index (χ3n) is 2.69. The molecule has 0 amide bonds. The van der Waals surface area contributed by atoms with E-state index in [9.17, 15) is 14.7 Å². The maximum atomic E-state index is 11.3. The molecular weight excluding hydrogens is 208 g/mol. The highest BCUT2D eigenvalue weighted by atomic mass is 16.5. The second-order valence-corrected chi connectivity index (χ2v) is 4.63. The lowest BCUT2D eigenvalue weighted by atomic mass is 9.88. The minimum Gasteiger partial charge on any atom is -0.469 e. The number of aliphatic hydroxyl groups is 1. The van der Waals surface area contributed by atoms with Gasteiger partial charge in [-0.3, -0.25) is 9.59 Å². The first-order valence-corrected chi connectivity index (χ1v) is 5.62. The number of esters is 1. The first kappa shape index (κ1) is 15.1. The van der Waals surface area contributed by atoms with Crippen molar-refractivity contribution in [1.82, 2.24) is 0 Å². The van der Waals surface area contributed by atoms with Crippen molar-refractivity contribution in [3.05, 3.63) is 0 Å². The Kier molecular flexibility index (Phi) is 6.26. The summed E-state index contributed by atoms with van der Waals surface area (Å²) >= 11 is 0. The maximum Gasteiger partial charge on any atom is 0.308 e. The molecule has 0 aliphatic heterocycles. The Morgan fingerprint density at radius 1 is 1.38 bits per heavy atom. The summed E-state index contributed by atoms with van der Waals surface area (Å²) in [5.74, 6) is -0.404. The summed E-state index contributed by atoms with van der Waals surface area (Å²) in [6.45, 7) is 5.46. The normalized spacial score (nSPS) is 14.6. The van der Waals surface area contributed by atoms with Crippen LogP contribution < -0.4 is 0 Å². The van der Waals surface area contributed by atoms with E-state index in [2.05, 4.69) is 18.6 Å². The Hall–Kier alpha value is -0.900. The lowest BCUT2D eigenvalue weighted by molar-refractivity contribution is -0.153. The molecule has 0 aliphatic carbocycles. The van der Waals surface area contributed by atoms with Crippen LogP contribution in [0.5, 0.6) is 0 Å². The molecule has 0 radical (unpaired) electrons. The predicted octanol–water partition coefficient (Wildman–Crippen LogP) is 1.70. The van der Waals surface area contributed by atoms with Crippen molar-refractivity contribution in [3.8, 4) is 0 Å². The van der Waals surface area contributed by atoms with E-state index in [-0.39, 0.29) is 12.2 Å². The number of ketones is 1. The minimum absolute atomic E-state index is 0.253. The highest BCUT2D eigenvalue weighted by molar-refractivity contribution is 5.89. The molecule has 1 N–H and O–H groups in total. The van der Waals surface area contributed by atoms with E-state index in [0.29, 0.717) is 12.3 Å². The SMILES string of the molecule is COC(=O)C[C@](O)(CCCC(C)C)C(C)=O. The summed E-state index contributed by atoms with van der Waals surface area (Å²) in [4.78, 5) is 22.4. The highest BCUT2D eigenvalue weighted by Gasteiger charge is 2.35. The molecule has 0 unspecified atom stereocenters. The van der Waals surface area contributed by atoms with Crippen molar-refractivity contribution in [2.75, 3.05) is 7.11 Å². The van der Waals surface area contributed by atoms with Crippen LogP contribution in [0.15, 0.2) is 0 Å². The van der Waals surface area contributed by atoms with E-state index in [4.69, 9.17) is 0 Å². The van der Waals surface area contributed by atoms with Crippen LogP contribution >= 0.6 is 0 Å². The van der Waals surface area contributed by atoms with Gasteiger partial charge < -0.3 is 9.84 Å². The molecule has 0 bridgehead atoms. The Bertz CT molecular complexity index is 247. The van der Waals surface area contributed by atoms with Gasteiger partial charge in [-0.1, -0.05) is 20.3 Å². The molecule has 94 valence electrons. The summed E-state index contributed by atoms with van der Waals surface area (Å²) in [5.41, 5.74) is -1.55. The van der Waals surface area contributed by atoms with E-state index in [1.807, 2.05) is 0 Å². The first-order chi connectivity index (χ1) is 7.31. The van der Waals surface area contributed by atoms with Gasteiger partial charge in [-0.25, -0.2) is 0 Å². The average molecular weight is 230 g/mol. The Morgan fingerprint density at radius 2 is 1.94 bits per heavy atom. The second kappa shape index (κ2) is 6.63. The van der Waals surface area contributed by atoms with E-state index in [1.54, 1.807) is 0 Å². The van der Waals surface area contributed by atoms with Gasteiger partial charge in [-0.15, -0.1) is 0 Å². The van der Waals surface area contributed by atoms with Gasteiger partial charge in [0.25, 0.3) is 0 Å². The molecule has 0 aromatic carbocycles. The largest absolute Gasteiger partial charge is 0.469 e. The number of carbonyl (C=O) groups excluding carboxylic acids is 2. The number of hydrogen-bond donors (Lipinski definition) is 1. The topological polar surface area (TPSA) is 63.6 Å². The first-order valence-electron chi connectivity index (χ1n) is 5.62. The fourth-order valence-electron chi connectivity index (χ4n) is 1.50. The molecule has 0 fully saturated rings. The van der Waals surface area contributed by atoms with E-state index in [0.717, 1.165) is 12.8 Å². The average Bonchev–Trinajstić information content (AvgIpc) is 2.16. The van der Waals surface area contributed by atoms with Crippen LogP contribution in [0.4, 0.5) is 0 Å². The lowest BCUT2D eigenvalue weighted by Gasteiger charge is -2.24. The van der Waals surface area contributed by atoms with Crippen LogP contribution in [0.2, 0.25) is 0 Å². The minimum atomic E-state index is -1.55. The smallest absolute Gasteiger partial charge is 0.308 e. The summed E-state index contributed by atoms with van der Waals surface area (Å²) in [6, 6.07) is 0. The quantitative estimate of drug-likeness (QED) is 0.676. The number of ether oxygens (including phenoxy) is 1. The molecule has 0 heterocycles. The number of carbonyl (C=O) groups is 2. The molecule has 16 heavy (non-hydrogen) atoms. The fraction of sp³-hybridized carbons (Fsp3) is 0.833. The highest BCUT2D eigenvalue weighted by Crippen LogP contribution is 2.22. The van der Waals surface area contributed by atoms with E-state index >= 15 is 0 Å². The van der Waals surface area contributed by atoms with Gasteiger partial charge >= 0.3 is 5.97 Å². The maximum absolute atomic E-state index is 11.3. The van der Waals surface area contributed by atoms with Crippen molar-refractivity contribution in [3.63, 3.8) is 0 Å². The Labute approximate surface area is 97.0 Å². The van der Waals surface area contributed by atoms with Crippen LogP contribution in [0.3, 0.4) is 0 Å². The van der Waals surface area contributed by atoms with Crippen molar-refractivity contribution >= 4 is 11.8 Å². The summed E-state index contributed by atoms with van der Waals surface area (Å²) < 4.78 is 4.47. The van der Waals surface area contributed by atoms with Gasteiger partial charge in [0, 0.05) is 0 Å². The summed E-state index contributed by atoms with van der Waals surface area (Å²) in [6.07, 6.45) is 1.72. The fourth-order valence-corrected chi connectivity index (χ4v) is 1.50. The van der Waals surface area contributed by atoms with Crippen molar-refractivity contribution in [2.24, 2.45) is 5.92 Å². The van der Waals surface area contributed by atoms with Crippen LogP contribution in [0, 0.1) is 5.92 Å². The van der Waals surface area contributed by atoms with Crippen LogP contribution in [0.1, 0.15) is 46.5 Å². The lowest BCUT2D eigenvalue weighted by Crippen LogP contribution is -2.39. The van der Waals surface area contributed by atoms with Gasteiger partial charge in [0.1, 0.15) is 5.60 Å². The van der Waals surface area contributed by atoms with E-state index < -0.39 is 11.6 Å². The molecule has 0 rings (SSSR count). The van der Waals surface area contributed by atoms with Crippen LogP contribution in [-0.2, 0) is 14.3 Å². The third kappa shape index (κ3) is 5.26. The summed E-state index contributed by atoms with van der Waals surface area (Å²) in [7, 11) is 1.25. The number of hydrogen-bond acceptors (Lipinski definition) is 4.